The van der Waals surface area contributed by atoms with Crippen LogP contribution >= 0.6 is 0 Å². The molecule has 5 aromatic rings. The predicted molar refractivity (Wildman–Crippen MR) is 149 cm³/mol. The first-order valence-electron chi connectivity index (χ1n) is 13.4. The number of nitrogens with zero attached hydrogens (tertiary/aromatic N) is 3. The Labute approximate surface area is 222 Å². The summed E-state index contributed by atoms with van der Waals surface area (Å²) in [7, 11) is 0. The number of fused-ring (bicyclic) bond motifs is 2. The maximum atomic E-state index is 10.2. The summed E-state index contributed by atoms with van der Waals surface area (Å²) in [6, 6.07) is 26.7. The van der Waals surface area contributed by atoms with Gasteiger partial charge in [0, 0.05) is 29.8 Å². The Kier molecular flexibility index (Phi) is 6.83. The molecule has 2 aromatic heterocycles. The molecule has 1 aliphatic carbocycles. The number of imidazole rings is 1. The van der Waals surface area contributed by atoms with Gasteiger partial charge >= 0.3 is 0 Å². The topological polar surface area (TPSA) is 80.4 Å². The fraction of sp³-hybridized carbons (Fsp3) is 0.312. The van der Waals surface area contributed by atoms with E-state index < -0.39 is 6.29 Å². The van der Waals surface area contributed by atoms with Crippen molar-refractivity contribution in [3.63, 3.8) is 0 Å². The van der Waals surface area contributed by atoms with Crippen molar-refractivity contribution in [1.29, 1.82) is 0 Å². The fourth-order valence-electron chi connectivity index (χ4n) is 5.84. The molecule has 2 atom stereocenters. The zero-order valence-electron chi connectivity index (χ0n) is 21.6. The minimum Gasteiger partial charge on any atom is -0.487 e. The molecular formula is C32H33N3O3. The highest BCUT2D eigenvalue weighted by molar-refractivity contribution is 5.79. The first-order valence-corrected chi connectivity index (χ1v) is 13.4. The number of aryl methyl sites for hydroxylation is 1. The lowest BCUT2D eigenvalue weighted by Gasteiger charge is -2.32. The second kappa shape index (κ2) is 10.6. The predicted octanol–water partition coefficient (Wildman–Crippen LogP) is 6.10. The second-order valence-corrected chi connectivity index (χ2v) is 10.4. The molecule has 0 saturated heterocycles. The average Bonchev–Trinajstić information content (AvgIpc) is 3.29. The van der Waals surface area contributed by atoms with Gasteiger partial charge in [-0.2, -0.15) is 0 Å². The number of aromatic nitrogens is 3. The van der Waals surface area contributed by atoms with Crippen LogP contribution in [0.5, 0.6) is 5.75 Å². The lowest BCUT2D eigenvalue weighted by Crippen LogP contribution is -2.31. The Hall–Kier alpha value is -3.74. The van der Waals surface area contributed by atoms with Crippen molar-refractivity contribution in [3.8, 4) is 5.75 Å². The third-order valence-electron chi connectivity index (χ3n) is 7.75. The number of pyridine rings is 1. The van der Waals surface area contributed by atoms with Crippen LogP contribution in [-0.2, 0) is 13.2 Å². The van der Waals surface area contributed by atoms with Gasteiger partial charge in [-0.25, -0.2) is 9.97 Å². The molecule has 1 aliphatic rings. The molecule has 2 heterocycles. The third kappa shape index (κ3) is 5.02. The van der Waals surface area contributed by atoms with Crippen molar-refractivity contribution < 1.29 is 14.9 Å². The minimum atomic E-state index is -1.35. The van der Waals surface area contributed by atoms with E-state index in [0.29, 0.717) is 13.2 Å². The van der Waals surface area contributed by atoms with Crippen LogP contribution in [0.25, 0.3) is 21.9 Å². The summed E-state index contributed by atoms with van der Waals surface area (Å²) in [5.74, 6) is 1.44. The van der Waals surface area contributed by atoms with Gasteiger partial charge in [-0.3, -0.25) is 0 Å². The van der Waals surface area contributed by atoms with Crippen LogP contribution in [0.4, 0.5) is 0 Å². The Morgan fingerprint density at radius 2 is 1.76 bits per heavy atom. The van der Waals surface area contributed by atoms with Gasteiger partial charge < -0.3 is 19.5 Å². The molecule has 0 radical (unpaired) electrons. The maximum Gasteiger partial charge on any atom is 0.154 e. The quantitative estimate of drug-likeness (QED) is 0.260. The Morgan fingerprint density at radius 3 is 2.63 bits per heavy atom. The fourth-order valence-corrected chi connectivity index (χ4v) is 5.84. The summed E-state index contributed by atoms with van der Waals surface area (Å²) >= 11 is 0. The molecule has 194 valence electrons. The zero-order valence-corrected chi connectivity index (χ0v) is 21.6. The van der Waals surface area contributed by atoms with Crippen molar-refractivity contribution in [2.75, 3.05) is 0 Å². The van der Waals surface area contributed by atoms with Gasteiger partial charge in [0.2, 0.25) is 0 Å². The standard InChI is InChI=1S/C32H33N3O3/c1-21-7-6-8-22(17-21)19-35-30-16-15-25(38-20-24-14-13-23-9-2-5-12-28(23)33-24)18-29(30)34-31(35)26-10-3-4-11-27(26)32(36)37/h2,5-9,12-18,26-27,32,36-37H,3-4,10-11,19-20H2,1H3. The van der Waals surface area contributed by atoms with Crippen LogP contribution in [0.15, 0.2) is 78.9 Å². The van der Waals surface area contributed by atoms with Crippen LogP contribution in [0.3, 0.4) is 0 Å². The number of aliphatic hydroxyl groups is 2. The normalized spacial score (nSPS) is 17.9. The van der Waals surface area contributed by atoms with Gasteiger partial charge in [0.05, 0.1) is 22.2 Å². The number of rotatable bonds is 7. The van der Waals surface area contributed by atoms with Crippen molar-refractivity contribution in [3.05, 3.63) is 102 Å². The largest absolute Gasteiger partial charge is 0.487 e. The molecule has 6 heteroatoms. The van der Waals surface area contributed by atoms with Gasteiger partial charge in [-0.05, 0) is 49.6 Å². The highest BCUT2D eigenvalue weighted by Crippen LogP contribution is 2.40. The highest BCUT2D eigenvalue weighted by Gasteiger charge is 2.34. The summed E-state index contributed by atoms with van der Waals surface area (Å²) in [6.07, 6.45) is 2.42. The smallest absolute Gasteiger partial charge is 0.154 e. The summed E-state index contributed by atoms with van der Waals surface area (Å²) in [4.78, 5) is 9.81. The monoisotopic (exact) mass is 507 g/mol. The van der Waals surface area contributed by atoms with Crippen molar-refractivity contribution >= 4 is 21.9 Å². The third-order valence-corrected chi connectivity index (χ3v) is 7.75. The molecule has 6 rings (SSSR count). The average molecular weight is 508 g/mol. The van der Waals surface area contributed by atoms with E-state index >= 15 is 0 Å². The summed E-state index contributed by atoms with van der Waals surface area (Å²) in [6.45, 7) is 3.15. The Morgan fingerprint density at radius 1 is 0.895 bits per heavy atom. The lowest BCUT2D eigenvalue weighted by molar-refractivity contribution is -0.100. The van der Waals surface area contributed by atoms with E-state index in [9.17, 15) is 10.2 Å². The van der Waals surface area contributed by atoms with Crippen LogP contribution in [0, 0.1) is 12.8 Å². The first kappa shape index (κ1) is 24.6. The van der Waals surface area contributed by atoms with Crippen LogP contribution in [0.1, 0.15) is 54.2 Å². The van der Waals surface area contributed by atoms with Crippen LogP contribution in [-0.4, -0.2) is 31.0 Å². The van der Waals surface area contributed by atoms with E-state index in [4.69, 9.17) is 14.7 Å². The molecule has 3 aromatic carbocycles. The van der Waals surface area contributed by atoms with Crippen molar-refractivity contribution in [2.24, 2.45) is 5.92 Å². The van der Waals surface area contributed by atoms with E-state index in [-0.39, 0.29) is 11.8 Å². The van der Waals surface area contributed by atoms with Gasteiger partial charge in [-0.1, -0.05) is 66.9 Å². The van der Waals surface area contributed by atoms with E-state index in [1.165, 1.54) is 11.1 Å². The van der Waals surface area contributed by atoms with Gasteiger partial charge in [0.1, 0.15) is 18.2 Å². The highest BCUT2D eigenvalue weighted by atomic mass is 16.5. The molecule has 0 bridgehead atoms. The SMILES string of the molecule is Cc1cccc(Cn2c(C3CCCCC3C(O)O)nc3cc(OCc4ccc5ccccc5n4)ccc32)c1. The van der Waals surface area contributed by atoms with Gasteiger partial charge in [-0.15, -0.1) is 0 Å². The van der Waals surface area contributed by atoms with Crippen LogP contribution in [0.2, 0.25) is 0 Å². The van der Waals surface area contributed by atoms with E-state index in [1.807, 2.05) is 36.4 Å². The molecule has 2 unspecified atom stereocenters. The number of aliphatic hydroxyl groups excluding tert-OH is 1. The minimum absolute atomic E-state index is 0.00729. The van der Waals surface area contributed by atoms with Gasteiger partial charge in [0.15, 0.2) is 6.29 Å². The number of hydrogen-bond acceptors (Lipinski definition) is 5. The molecule has 0 spiro atoms. The first-order chi connectivity index (χ1) is 18.5. The molecule has 1 fully saturated rings. The number of para-hydroxylation sites is 1. The molecule has 0 aliphatic heterocycles. The number of hydrogen-bond donors (Lipinski definition) is 2. The lowest BCUT2D eigenvalue weighted by atomic mass is 9.78. The zero-order chi connectivity index (χ0) is 26.1. The summed E-state index contributed by atoms with van der Waals surface area (Å²) < 4.78 is 8.40. The van der Waals surface area contributed by atoms with E-state index in [0.717, 1.165) is 64.9 Å². The summed E-state index contributed by atoms with van der Waals surface area (Å²) in [5.41, 5.74) is 6.12. The number of ether oxygens (including phenoxy) is 1. The summed E-state index contributed by atoms with van der Waals surface area (Å²) in [5, 5.41) is 21.5. The van der Waals surface area contributed by atoms with Crippen molar-refractivity contribution in [2.45, 2.75) is 58.0 Å². The molecular weight excluding hydrogens is 474 g/mol. The molecule has 38 heavy (non-hydrogen) atoms. The van der Waals surface area contributed by atoms with E-state index in [1.54, 1.807) is 0 Å². The Balaban J connectivity index is 1.33. The maximum absolute atomic E-state index is 10.2. The van der Waals surface area contributed by atoms with Crippen molar-refractivity contribution in [1.82, 2.24) is 14.5 Å². The molecule has 1 saturated carbocycles. The second-order valence-electron chi connectivity index (χ2n) is 10.4. The van der Waals surface area contributed by atoms with Gasteiger partial charge in [0.25, 0.3) is 0 Å². The number of benzene rings is 3. The van der Waals surface area contributed by atoms with Crippen LogP contribution < -0.4 is 4.74 Å². The molecule has 6 nitrogen and oxygen atoms in total. The molecule has 2 N–H and O–H groups in total. The Bertz CT molecular complexity index is 1580. The molecule has 0 amide bonds. The van der Waals surface area contributed by atoms with E-state index in [2.05, 4.69) is 54.0 Å².